The van der Waals surface area contributed by atoms with Crippen molar-refractivity contribution in [3.8, 4) is 6.07 Å². The highest BCUT2D eigenvalue weighted by Crippen LogP contribution is 2.28. The Morgan fingerprint density at radius 2 is 1.94 bits per heavy atom. The Bertz CT molecular complexity index is 617. The predicted octanol–water partition coefficient (Wildman–Crippen LogP) is 3.00. The quantitative estimate of drug-likeness (QED) is 0.808. The molecule has 0 saturated heterocycles. The molecule has 1 atom stereocenters. The molecular formula is C15H17N3. The third-order valence-corrected chi connectivity index (χ3v) is 3.66. The molecule has 1 heterocycles. The molecule has 2 rings (SSSR count). The van der Waals surface area contributed by atoms with Gasteiger partial charge in [-0.15, -0.1) is 0 Å². The fourth-order valence-electron chi connectivity index (χ4n) is 2.21. The molecule has 0 aliphatic rings. The normalized spacial score (nSPS) is 12.2. The Labute approximate surface area is 108 Å². The highest BCUT2D eigenvalue weighted by atomic mass is 15.0. The molecule has 3 nitrogen and oxygen atoms in total. The molecule has 18 heavy (non-hydrogen) atoms. The smallest absolute Gasteiger partial charge is 0.130 e. The Balaban J connectivity index is 2.57. The van der Waals surface area contributed by atoms with Crippen LogP contribution in [0.2, 0.25) is 0 Å². The van der Waals surface area contributed by atoms with Crippen LogP contribution in [-0.4, -0.2) is 9.55 Å². The van der Waals surface area contributed by atoms with Crippen LogP contribution in [0, 0.1) is 32.1 Å². The van der Waals surface area contributed by atoms with Crippen LogP contribution in [0.25, 0.3) is 0 Å². The van der Waals surface area contributed by atoms with E-state index < -0.39 is 0 Å². The van der Waals surface area contributed by atoms with E-state index in [1.165, 1.54) is 16.7 Å². The Morgan fingerprint density at radius 1 is 1.22 bits per heavy atom. The van der Waals surface area contributed by atoms with Gasteiger partial charge in [-0.2, -0.15) is 5.26 Å². The van der Waals surface area contributed by atoms with Gasteiger partial charge in [0.2, 0.25) is 0 Å². The van der Waals surface area contributed by atoms with Crippen molar-refractivity contribution in [2.24, 2.45) is 7.05 Å². The molecule has 0 aliphatic carbocycles. The molecule has 0 bridgehead atoms. The van der Waals surface area contributed by atoms with Crippen LogP contribution in [0.1, 0.15) is 34.0 Å². The highest BCUT2D eigenvalue weighted by Gasteiger charge is 2.20. The molecule has 0 N–H and O–H groups in total. The Hall–Kier alpha value is -2.08. The van der Waals surface area contributed by atoms with E-state index in [0.29, 0.717) is 0 Å². The second-order valence-electron chi connectivity index (χ2n) is 4.68. The lowest BCUT2D eigenvalue weighted by Crippen LogP contribution is -2.08. The van der Waals surface area contributed by atoms with Crippen LogP contribution in [0.5, 0.6) is 0 Å². The summed E-state index contributed by atoms with van der Waals surface area (Å²) >= 11 is 0. The predicted molar refractivity (Wildman–Crippen MR) is 71.3 cm³/mol. The van der Waals surface area contributed by atoms with E-state index in [1.54, 1.807) is 6.20 Å². The molecule has 0 spiro atoms. The minimum Gasteiger partial charge on any atom is -0.337 e. The number of hydrogen-bond acceptors (Lipinski definition) is 2. The largest absolute Gasteiger partial charge is 0.337 e. The van der Waals surface area contributed by atoms with Gasteiger partial charge in [-0.1, -0.05) is 12.1 Å². The van der Waals surface area contributed by atoms with Crippen molar-refractivity contribution in [3.05, 3.63) is 52.6 Å². The van der Waals surface area contributed by atoms with E-state index >= 15 is 0 Å². The number of rotatable bonds is 2. The molecular weight excluding hydrogens is 222 g/mol. The number of aryl methyl sites for hydroxylation is 2. The van der Waals surface area contributed by atoms with Crippen molar-refractivity contribution in [1.82, 2.24) is 9.55 Å². The second-order valence-corrected chi connectivity index (χ2v) is 4.68. The standard InChI is InChI=1S/C15H17N3/c1-10-5-6-13(12(3)11(10)2)14(9-16)15-17-7-8-18(15)4/h5-8,14H,1-4H3. The average Bonchev–Trinajstić information content (AvgIpc) is 2.77. The Morgan fingerprint density at radius 3 is 2.50 bits per heavy atom. The third-order valence-electron chi connectivity index (χ3n) is 3.66. The molecule has 0 saturated carbocycles. The SMILES string of the molecule is Cc1ccc(C(C#N)c2nccn2C)c(C)c1C. The summed E-state index contributed by atoms with van der Waals surface area (Å²) in [6, 6.07) is 6.48. The summed E-state index contributed by atoms with van der Waals surface area (Å²) in [7, 11) is 1.92. The first-order valence-electron chi connectivity index (χ1n) is 5.99. The first kappa shape index (κ1) is 12.4. The highest BCUT2D eigenvalue weighted by molar-refractivity contribution is 5.45. The minimum atomic E-state index is -0.302. The summed E-state index contributed by atoms with van der Waals surface area (Å²) in [4.78, 5) is 4.30. The lowest BCUT2D eigenvalue weighted by Gasteiger charge is -2.15. The number of benzene rings is 1. The number of hydrogen-bond donors (Lipinski definition) is 0. The van der Waals surface area contributed by atoms with Crippen molar-refractivity contribution >= 4 is 0 Å². The van der Waals surface area contributed by atoms with E-state index in [9.17, 15) is 5.26 Å². The summed E-state index contributed by atoms with van der Waals surface area (Å²) in [6.45, 7) is 6.26. The number of aromatic nitrogens is 2. The first-order valence-corrected chi connectivity index (χ1v) is 5.99. The number of nitrogens with zero attached hydrogens (tertiary/aromatic N) is 3. The average molecular weight is 239 g/mol. The fraction of sp³-hybridized carbons (Fsp3) is 0.333. The van der Waals surface area contributed by atoms with Crippen molar-refractivity contribution in [2.75, 3.05) is 0 Å². The molecule has 0 radical (unpaired) electrons. The molecule has 1 unspecified atom stereocenters. The molecule has 0 fully saturated rings. The maximum absolute atomic E-state index is 9.46. The van der Waals surface area contributed by atoms with Crippen LogP contribution >= 0.6 is 0 Å². The third kappa shape index (κ3) is 1.91. The maximum Gasteiger partial charge on any atom is 0.130 e. The van der Waals surface area contributed by atoms with Gasteiger partial charge in [0, 0.05) is 19.4 Å². The van der Waals surface area contributed by atoms with Gasteiger partial charge in [-0.05, 0) is 43.0 Å². The van der Waals surface area contributed by atoms with Gasteiger partial charge in [0.15, 0.2) is 0 Å². The van der Waals surface area contributed by atoms with Gasteiger partial charge in [-0.3, -0.25) is 0 Å². The number of imidazole rings is 1. The number of nitriles is 1. The van der Waals surface area contributed by atoms with Crippen LogP contribution in [-0.2, 0) is 7.05 Å². The van der Waals surface area contributed by atoms with Gasteiger partial charge >= 0.3 is 0 Å². The summed E-state index contributed by atoms with van der Waals surface area (Å²) in [5.74, 6) is 0.494. The van der Waals surface area contributed by atoms with Crippen LogP contribution in [0.4, 0.5) is 0 Å². The maximum atomic E-state index is 9.46. The monoisotopic (exact) mass is 239 g/mol. The van der Waals surface area contributed by atoms with Crippen molar-refractivity contribution in [1.29, 1.82) is 5.26 Å². The van der Waals surface area contributed by atoms with Gasteiger partial charge in [0.1, 0.15) is 11.7 Å². The molecule has 92 valence electrons. The molecule has 0 aliphatic heterocycles. The summed E-state index contributed by atoms with van der Waals surface area (Å²) in [6.07, 6.45) is 3.60. The van der Waals surface area contributed by atoms with E-state index in [0.717, 1.165) is 11.4 Å². The van der Waals surface area contributed by atoms with E-state index in [-0.39, 0.29) is 5.92 Å². The van der Waals surface area contributed by atoms with Gasteiger partial charge in [0.25, 0.3) is 0 Å². The summed E-state index contributed by atoms with van der Waals surface area (Å²) in [5.41, 5.74) is 4.74. The summed E-state index contributed by atoms with van der Waals surface area (Å²) in [5, 5.41) is 9.46. The van der Waals surface area contributed by atoms with E-state index in [2.05, 4.69) is 37.9 Å². The lowest BCUT2D eigenvalue weighted by molar-refractivity contribution is 0.779. The first-order chi connectivity index (χ1) is 8.56. The second kappa shape index (κ2) is 4.66. The van der Waals surface area contributed by atoms with Gasteiger partial charge in [-0.25, -0.2) is 4.98 Å². The van der Waals surface area contributed by atoms with Crippen LogP contribution in [0.3, 0.4) is 0 Å². The minimum absolute atomic E-state index is 0.302. The van der Waals surface area contributed by atoms with Crippen LogP contribution in [0.15, 0.2) is 24.5 Å². The molecule has 0 amide bonds. The zero-order chi connectivity index (χ0) is 13.3. The van der Waals surface area contributed by atoms with Crippen molar-refractivity contribution in [3.63, 3.8) is 0 Å². The fourth-order valence-corrected chi connectivity index (χ4v) is 2.21. The zero-order valence-electron chi connectivity index (χ0n) is 11.2. The van der Waals surface area contributed by atoms with Crippen molar-refractivity contribution in [2.45, 2.75) is 26.7 Å². The lowest BCUT2D eigenvalue weighted by atomic mass is 9.90. The molecule has 3 heteroatoms. The zero-order valence-corrected chi connectivity index (χ0v) is 11.2. The van der Waals surface area contributed by atoms with Crippen molar-refractivity contribution < 1.29 is 0 Å². The van der Waals surface area contributed by atoms with Gasteiger partial charge < -0.3 is 4.57 Å². The van der Waals surface area contributed by atoms with E-state index in [1.807, 2.05) is 23.9 Å². The topological polar surface area (TPSA) is 41.6 Å². The molecule has 2 aromatic rings. The summed E-state index contributed by atoms with van der Waals surface area (Å²) < 4.78 is 1.91. The van der Waals surface area contributed by atoms with Gasteiger partial charge in [0.05, 0.1) is 6.07 Å². The van der Waals surface area contributed by atoms with E-state index in [4.69, 9.17) is 0 Å². The molecule has 1 aromatic heterocycles. The Kier molecular flexibility index (Phi) is 3.20. The van der Waals surface area contributed by atoms with Crippen LogP contribution < -0.4 is 0 Å². The molecule has 1 aromatic carbocycles.